The van der Waals surface area contributed by atoms with Crippen molar-refractivity contribution in [2.24, 2.45) is 7.05 Å². The summed E-state index contributed by atoms with van der Waals surface area (Å²) in [6.07, 6.45) is 1.56. The summed E-state index contributed by atoms with van der Waals surface area (Å²) in [4.78, 5) is 15.6. The molecule has 0 amide bonds. The molecule has 1 N–H and O–H groups in total. The summed E-state index contributed by atoms with van der Waals surface area (Å²) in [5.74, 6) is -1.63. The lowest BCUT2D eigenvalue weighted by atomic mass is 10.3. The number of sulfonamides is 1. The van der Waals surface area contributed by atoms with Gasteiger partial charge in [-0.3, -0.25) is 9.55 Å². The van der Waals surface area contributed by atoms with Gasteiger partial charge in [-0.15, -0.1) is 5.10 Å². The quantitative estimate of drug-likeness (QED) is 0.669. The molecular formula is C16H15F2N5O3S. The van der Waals surface area contributed by atoms with Crippen LogP contribution in [0.2, 0.25) is 0 Å². The van der Waals surface area contributed by atoms with Gasteiger partial charge in [0.15, 0.2) is 5.82 Å². The summed E-state index contributed by atoms with van der Waals surface area (Å²) in [5, 5.41) is 4.14. The Morgan fingerprint density at radius 2 is 1.96 bits per heavy atom. The van der Waals surface area contributed by atoms with Crippen molar-refractivity contribution in [3.05, 3.63) is 64.7 Å². The van der Waals surface area contributed by atoms with Gasteiger partial charge in [-0.25, -0.2) is 31.4 Å². The average molecular weight is 395 g/mol. The average Bonchev–Trinajstić information content (AvgIpc) is 2.93. The van der Waals surface area contributed by atoms with Crippen molar-refractivity contribution in [3.63, 3.8) is 0 Å². The highest BCUT2D eigenvalue weighted by Crippen LogP contribution is 2.15. The van der Waals surface area contributed by atoms with E-state index in [1.807, 2.05) is 0 Å². The van der Waals surface area contributed by atoms with E-state index < -0.39 is 32.2 Å². The van der Waals surface area contributed by atoms with Gasteiger partial charge in [0.1, 0.15) is 22.2 Å². The Hall–Kier alpha value is -2.92. The second kappa shape index (κ2) is 7.37. The predicted molar refractivity (Wildman–Crippen MR) is 92.2 cm³/mol. The van der Waals surface area contributed by atoms with Crippen LogP contribution in [-0.4, -0.2) is 34.3 Å². The van der Waals surface area contributed by atoms with Gasteiger partial charge in [0.25, 0.3) is 0 Å². The number of nitrogens with one attached hydrogen (secondary N) is 1. The molecule has 1 aromatic carbocycles. The zero-order chi connectivity index (χ0) is 19.6. The van der Waals surface area contributed by atoms with Crippen LogP contribution in [0.5, 0.6) is 0 Å². The highest BCUT2D eigenvalue weighted by atomic mass is 32.2. The van der Waals surface area contributed by atoms with E-state index in [0.717, 1.165) is 16.8 Å². The Labute approximate surface area is 153 Å². The van der Waals surface area contributed by atoms with Crippen molar-refractivity contribution in [1.82, 2.24) is 24.1 Å². The number of pyridine rings is 1. The Kier molecular flexibility index (Phi) is 5.15. The highest BCUT2D eigenvalue weighted by molar-refractivity contribution is 7.89. The van der Waals surface area contributed by atoms with Gasteiger partial charge in [0.2, 0.25) is 10.0 Å². The van der Waals surface area contributed by atoms with E-state index in [9.17, 15) is 22.0 Å². The van der Waals surface area contributed by atoms with Gasteiger partial charge in [-0.1, -0.05) is 6.07 Å². The number of hydrogen-bond acceptors (Lipinski definition) is 5. The Balaban J connectivity index is 1.76. The lowest BCUT2D eigenvalue weighted by molar-refractivity contribution is 0.533. The van der Waals surface area contributed by atoms with Crippen LogP contribution in [0.15, 0.2) is 52.3 Å². The van der Waals surface area contributed by atoms with Crippen LogP contribution in [0.4, 0.5) is 8.78 Å². The first-order valence-electron chi connectivity index (χ1n) is 7.79. The summed E-state index contributed by atoms with van der Waals surface area (Å²) in [7, 11) is -2.76. The smallest absolute Gasteiger partial charge is 0.277 e. The molecule has 0 fully saturated rings. The van der Waals surface area contributed by atoms with Gasteiger partial charge in [-0.05, 0) is 30.3 Å². The van der Waals surface area contributed by atoms with Gasteiger partial charge in [0, 0.05) is 19.8 Å². The molecule has 0 saturated heterocycles. The largest absolute Gasteiger partial charge is 0.346 e. The normalized spacial score (nSPS) is 11.7. The SMILES string of the molecule is Cn1c(-c2ccccn2)nn(CCNS(=O)(=O)c2cc(F)ccc2F)c1=O. The number of halogens is 2. The van der Waals surface area contributed by atoms with Crippen molar-refractivity contribution in [2.75, 3.05) is 6.54 Å². The maximum Gasteiger partial charge on any atom is 0.346 e. The monoisotopic (exact) mass is 395 g/mol. The lowest BCUT2D eigenvalue weighted by Gasteiger charge is -2.07. The van der Waals surface area contributed by atoms with Crippen LogP contribution >= 0.6 is 0 Å². The predicted octanol–water partition coefficient (Wildman–Crippen LogP) is 0.900. The molecule has 0 unspecified atom stereocenters. The summed E-state index contributed by atoms with van der Waals surface area (Å²) < 4.78 is 55.6. The molecule has 8 nitrogen and oxygen atoms in total. The van der Waals surface area contributed by atoms with Crippen molar-refractivity contribution >= 4 is 10.0 Å². The van der Waals surface area contributed by atoms with Crippen molar-refractivity contribution < 1.29 is 17.2 Å². The van der Waals surface area contributed by atoms with E-state index in [1.165, 1.54) is 11.6 Å². The molecule has 3 rings (SSSR count). The maximum absolute atomic E-state index is 13.7. The molecule has 0 bridgehead atoms. The molecule has 142 valence electrons. The molecule has 2 heterocycles. The van der Waals surface area contributed by atoms with Gasteiger partial charge in [-0.2, -0.15) is 0 Å². The molecular weight excluding hydrogens is 380 g/mol. The molecule has 11 heteroatoms. The van der Waals surface area contributed by atoms with E-state index in [2.05, 4.69) is 14.8 Å². The first-order chi connectivity index (χ1) is 12.8. The molecule has 2 aromatic heterocycles. The third kappa shape index (κ3) is 3.93. The molecule has 27 heavy (non-hydrogen) atoms. The van der Waals surface area contributed by atoms with Crippen LogP contribution in [0.1, 0.15) is 0 Å². The number of benzene rings is 1. The van der Waals surface area contributed by atoms with E-state index in [4.69, 9.17) is 0 Å². The molecule has 0 aliphatic heterocycles. The molecule has 0 aliphatic rings. The van der Waals surface area contributed by atoms with Crippen LogP contribution in [-0.2, 0) is 23.6 Å². The Morgan fingerprint density at radius 3 is 2.67 bits per heavy atom. The summed E-state index contributed by atoms with van der Waals surface area (Å²) >= 11 is 0. The highest BCUT2D eigenvalue weighted by Gasteiger charge is 2.20. The lowest BCUT2D eigenvalue weighted by Crippen LogP contribution is -2.32. The van der Waals surface area contributed by atoms with Crippen molar-refractivity contribution in [3.8, 4) is 11.5 Å². The minimum absolute atomic E-state index is 0.102. The fourth-order valence-corrected chi connectivity index (χ4v) is 3.51. The second-order valence-corrected chi connectivity index (χ2v) is 7.31. The molecule has 0 radical (unpaired) electrons. The Bertz CT molecular complexity index is 1130. The summed E-state index contributed by atoms with van der Waals surface area (Å²) in [6, 6.07) is 7.28. The molecule has 0 aliphatic carbocycles. The molecule has 3 aromatic rings. The number of rotatable bonds is 6. The Morgan fingerprint density at radius 1 is 1.19 bits per heavy atom. The van der Waals surface area contributed by atoms with E-state index in [-0.39, 0.29) is 13.1 Å². The fraction of sp³-hybridized carbons (Fsp3) is 0.188. The number of aromatic nitrogens is 4. The van der Waals surface area contributed by atoms with Gasteiger partial charge < -0.3 is 0 Å². The van der Waals surface area contributed by atoms with Crippen LogP contribution < -0.4 is 10.4 Å². The maximum atomic E-state index is 13.7. The van der Waals surface area contributed by atoms with E-state index in [0.29, 0.717) is 17.6 Å². The van der Waals surface area contributed by atoms with Crippen molar-refractivity contribution in [2.45, 2.75) is 11.4 Å². The molecule has 0 saturated carbocycles. The van der Waals surface area contributed by atoms with Gasteiger partial charge in [0.05, 0.1) is 6.54 Å². The number of nitrogens with zero attached hydrogens (tertiary/aromatic N) is 4. The third-order valence-electron chi connectivity index (χ3n) is 3.73. The zero-order valence-corrected chi connectivity index (χ0v) is 14.9. The third-order valence-corrected chi connectivity index (χ3v) is 5.21. The minimum Gasteiger partial charge on any atom is -0.277 e. The first-order valence-corrected chi connectivity index (χ1v) is 9.28. The van der Waals surface area contributed by atoms with Gasteiger partial charge >= 0.3 is 5.69 Å². The standard InChI is InChI=1S/C16H15F2N5O3S/c1-22-15(13-4-2-3-7-19-13)21-23(16(22)24)9-8-20-27(25,26)14-10-11(17)5-6-12(14)18/h2-7,10,20H,8-9H2,1H3. The van der Waals surface area contributed by atoms with Crippen LogP contribution in [0.3, 0.4) is 0 Å². The van der Waals surface area contributed by atoms with E-state index in [1.54, 1.807) is 24.4 Å². The number of hydrogen-bond donors (Lipinski definition) is 1. The summed E-state index contributed by atoms with van der Waals surface area (Å²) in [6.45, 7) is -0.341. The first kappa shape index (κ1) is 18.9. The molecule has 0 atom stereocenters. The van der Waals surface area contributed by atoms with Crippen LogP contribution in [0.25, 0.3) is 11.5 Å². The van der Waals surface area contributed by atoms with E-state index >= 15 is 0 Å². The topological polar surface area (TPSA) is 98.9 Å². The fourth-order valence-electron chi connectivity index (χ4n) is 2.40. The second-order valence-electron chi connectivity index (χ2n) is 5.58. The molecule has 0 spiro atoms. The summed E-state index contributed by atoms with van der Waals surface area (Å²) in [5.41, 5.74) is 0.0186. The zero-order valence-electron chi connectivity index (χ0n) is 14.1. The van der Waals surface area contributed by atoms with Crippen molar-refractivity contribution in [1.29, 1.82) is 0 Å². The minimum atomic E-state index is -4.28. The van der Waals surface area contributed by atoms with Crippen LogP contribution in [0, 0.1) is 11.6 Å².